The van der Waals surface area contributed by atoms with Gasteiger partial charge in [0.05, 0.1) is 0 Å². The highest BCUT2D eigenvalue weighted by atomic mass is 19.4. The summed E-state index contributed by atoms with van der Waals surface area (Å²) in [6.07, 6.45) is -0.214. The molecular formula is C14H23F3N2O. The molecule has 1 unspecified atom stereocenters. The molecule has 0 bridgehead atoms. The highest BCUT2D eigenvalue weighted by Crippen LogP contribution is 2.30. The average molecular weight is 292 g/mol. The second kappa shape index (κ2) is 7.67. The topological polar surface area (TPSA) is 46.3 Å². The summed E-state index contributed by atoms with van der Waals surface area (Å²) in [6.45, 7) is 2.90. The van der Waals surface area contributed by atoms with Crippen molar-refractivity contribution in [1.29, 1.82) is 0 Å². The molecule has 6 heteroatoms. The number of nitrogens with zero attached hydrogens (tertiary/aromatic N) is 1. The summed E-state index contributed by atoms with van der Waals surface area (Å²) in [5.41, 5.74) is 4.98. The van der Waals surface area contributed by atoms with Crippen molar-refractivity contribution in [1.82, 2.24) is 4.90 Å². The largest absolute Gasteiger partial charge is 0.412 e. The van der Waals surface area contributed by atoms with Gasteiger partial charge in [0.15, 0.2) is 0 Å². The van der Waals surface area contributed by atoms with E-state index in [2.05, 4.69) is 6.92 Å². The van der Waals surface area contributed by atoms with Crippen molar-refractivity contribution in [2.24, 2.45) is 11.7 Å². The van der Waals surface area contributed by atoms with Crippen LogP contribution in [-0.4, -0.2) is 36.6 Å². The molecule has 1 heterocycles. The van der Waals surface area contributed by atoms with Gasteiger partial charge in [0.25, 0.3) is 0 Å². The van der Waals surface area contributed by atoms with Crippen LogP contribution < -0.4 is 5.73 Å². The summed E-state index contributed by atoms with van der Waals surface area (Å²) in [7, 11) is 0. The first-order valence-corrected chi connectivity index (χ1v) is 7.12. The minimum atomic E-state index is -4.26. The Morgan fingerprint density at radius 3 is 2.60 bits per heavy atom. The zero-order valence-electron chi connectivity index (χ0n) is 11.9. The van der Waals surface area contributed by atoms with Gasteiger partial charge in [-0.15, -0.1) is 0 Å². The van der Waals surface area contributed by atoms with E-state index in [0.29, 0.717) is 18.9 Å². The summed E-state index contributed by atoms with van der Waals surface area (Å²) in [6, 6.07) is 0. The Labute approximate surface area is 118 Å². The Hall–Kier alpha value is -1.04. The molecular weight excluding hydrogens is 269 g/mol. The van der Waals surface area contributed by atoms with Crippen molar-refractivity contribution in [2.45, 2.75) is 45.2 Å². The van der Waals surface area contributed by atoms with Gasteiger partial charge in [-0.3, -0.25) is 4.79 Å². The van der Waals surface area contributed by atoms with Crippen molar-refractivity contribution in [2.75, 3.05) is 19.6 Å². The van der Waals surface area contributed by atoms with Gasteiger partial charge in [0, 0.05) is 25.1 Å². The summed E-state index contributed by atoms with van der Waals surface area (Å²) in [5.74, 6) is 0.368. The first-order chi connectivity index (χ1) is 9.38. The predicted molar refractivity (Wildman–Crippen MR) is 72.0 cm³/mol. The molecule has 0 fully saturated rings. The number of amides is 1. The number of hydrogen-bond acceptors (Lipinski definition) is 2. The van der Waals surface area contributed by atoms with Crippen LogP contribution in [0.25, 0.3) is 0 Å². The number of carbonyl (C=O) groups is 1. The van der Waals surface area contributed by atoms with Gasteiger partial charge in [-0.2, -0.15) is 13.2 Å². The standard InChI is InChI=1S/C14H23F3N2O/c1-2-11(5-8-18)3-4-13(20)19-9-6-12(7-10-19)14(15,16)17/h6,11H,2-5,7-10,18H2,1H3. The Kier molecular flexibility index (Phi) is 6.52. The van der Waals surface area contributed by atoms with Gasteiger partial charge in [0.1, 0.15) is 0 Å². The quantitative estimate of drug-likeness (QED) is 0.765. The van der Waals surface area contributed by atoms with Gasteiger partial charge in [-0.05, 0) is 31.7 Å². The van der Waals surface area contributed by atoms with Crippen LogP contribution in [0.4, 0.5) is 13.2 Å². The molecule has 1 atom stereocenters. The highest BCUT2D eigenvalue weighted by molar-refractivity contribution is 5.76. The molecule has 1 aliphatic heterocycles. The van der Waals surface area contributed by atoms with Crippen LogP contribution in [0.1, 0.15) is 39.0 Å². The fraction of sp³-hybridized carbons (Fsp3) is 0.786. The molecule has 20 heavy (non-hydrogen) atoms. The van der Waals surface area contributed by atoms with E-state index in [1.54, 1.807) is 0 Å². The van der Waals surface area contributed by atoms with E-state index in [4.69, 9.17) is 5.73 Å². The van der Waals surface area contributed by atoms with E-state index in [9.17, 15) is 18.0 Å². The lowest BCUT2D eigenvalue weighted by atomic mass is 9.96. The second-order valence-electron chi connectivity index (χ2n) is 5.21. The number of carbonyl (C=O) groups excluding carboxylic acids is 1. The minimum absolute atomic E-state index is 0.0575. The molecule has 116 valence electrons. The van der Waals surface area contributed by atoms with Crippen molar-refractivity contribution < 1.29 is 18.0 Å². The molecule has 0 saturated carbocycles. The number of nitrogens with two attached hydrogens (primary N) is 1. The van der Waals surface area contributed by atoms with E-state index in [1.165, 1.54) is 4.90 Å². The second-order valence-corrected chi connectivity index (χ2v) is 5.21. The number of alkyl halides is 3. The van der Waals surface area contributed by atoms with Crippen molar-refractivity contribution in [3.63, 3.8) is 0 Å². The summed E-state index contributed by atoms with van der Waals surface area (Å²) in [5, 5.41) is 0. The fourth-order valence-electron chi connectivity index (χ4n) is 2.43. The maximum absolute atomic E-state index is 12.5. The van der Waals surface area contributed by atoms with Crippen LogP contribution in [0.3, 0.4) is 0 Å². The van der Waals surface area contributed by atoms with Gasteiger partial charge in [-0.1, -0.05) is 19.4 Å². The van der Waals surface area contributed by atoms with Crippen LogP contribution >= 0.6 is 0 Å². The Bertz CT molecular complexity index is 353. The van der Waals surface area contributed by atoms with Crippen LogP contribution in [0.15, 0.2) is 11.6 Å². The Balaban J connectivity index is 2.41. The normalized spacial score (nSPS) is 17.9. The fourth-order valence-corrected chi connectivity index (χ4v) is 2.43. The average Bonchev–Trinajstić information content (AvgIpc) is 2.42. The first-order valence-electron chi connectivity index (χ1n) is 7.12. The molecule has 0 aliphatic carbocycles. The van der Waals surface area contributed by atoms with Gasteiger partial charge in [-0.25, -0.2) is 0 Å². The highest BCUT2D eigenvalue weighted by Gasteiger charge is 2.35. The molecule has 0 spiro atoms. The molecule has 0 radical (unpaired) electrons. The lowest BCUT2D eigenvalue weighted by Gasteiger charge is -2.28. The molecule has 1 amide bonds. The van der Waals surface area contributed by atoms with Crippen LogP contribution in [0.5, 0.6) is 0 Å². The van der Waals surface area contributed by atoms with E-state index in [0.717, 1.165) is 25.3 Å². The zero-order chi connectivity index (χ0) is 15.2. The zero-order valence-corrected chi connectivity index (χ0v) is 11.9. The van der Waals surface area contributed by atoms with Crippen molar-refractivity contribution in [3.8, 4) is 0 Å². The van der Waals surface area contributed by atoms with E-state index in [1.807, 2.05) is 0 Å². The summed E-state index contributed by atoms with van der Waals surface area (Å²) < 4.78 is 37.4. The molecule has 1 rings (SSSR count). The van der Waals surface area contributed by atoms with Gasteiger partial charge < -0.3 is 10.6 Å². The third kappa shape index (κ3) is 5.15. The SMILES string of the molecule is CCC(CCN)CCC(=O)N1CC=C(C(F)(F)F)CC1. The summed E-state index contributed by atoms with van der Waals surface area (Å²) in [4.78, 5) is 13.5. The number of hydrogen-bond donors (Lipinski definition) is 1. The van der Waals surface area contributed by atoms with E-state index in [-0.39, 0.29) is 25.4 Å². The van der Waals surface area contributed by atoms with Gasteiger partial charge >= 0.3 is 6.18 Å². The third-order valence-corrected chi connectivity index (χ3v) is 3.84. The van der Waals surface area contributed by atoms with Crippen LogP contribution in [-0.2, 0) is 4.79 Å². The van der Waals surface area contributed by atoms with E-state index < -0.39 is 11.7 Å². The van der Waals surface area contributed by atoms with Crippen LogP contribution in [0.2, 0.25) is 0 Å². The van der Waals surface area contributed by atoms with Crippen LogP contribution in [0, 0.1) is 5.92 Å². The smallest absolute Gasteiger partial charge is 0.339 e. The molecule has 2 N–H and O–H groups in total. The predicted octanol–water partition coefficient (Wildman–Crippen LogP) is 2.86. The Morgan fingerprint density at radius 1 is 1.45 bits per heavy atom. The molecule has 0 aromatic heterocycles. The maximum Gasteiger partial charge on any atom is 0.412 e. The lowest BCUT2D eigenvalue weighted by Crippen LogP contribution is -2.36. The van der Waals surface area contributed by atoms with Crippen molar-refractivity contribution >= 4 is 5.91 Å². The first kappa shape index (κ1) is 17.0. The minimum Gasteiger partial charge on any atom is -0.339 e. The molecule has 0 aromatic rings. The van der Waals surface area contributed by atoms with Gasteiger partial charge in [0.2, 0.25) is 5.91 Å². The molecule has 0 saturated heterocycles. The third-order valence-electron chi connectivity index (χ3n) is 3.84. The molecule has 3 nitrogen and oxygen atoms in total. The number of rotatable bonds is 6. The summed E-state index contributed by atoms with van der Waals surface area (Å²) >= 11 is 0. The molecule has 0 aromatic carbocycles. The van der Waals surface area contributed by atoms with E-state index >= 15 is 0 Å². The monoisotopic (exact) mass is 292 g/mol. The number of halogens is 3. The molecule has 1 aliphatic rings. The Morgan fingerprint density at radius 2 is 2.15 bits per heavy atom. The lowest BCUT2D eigenvalue weighted by molar-refractivity contribution is -0.132. The maximum atomic E-state index is 12.5. The van der Waals surface area contributed by atoms with Crippen molar-refractivity contribution in [3.05, 3.63) is 11.6 Å².